The third-order valence-corrected chi connectivity index (χ3v) is 2.41. The molecule has 1 aromatic heterocycles. The molecule has 0 amide bonds. The van der Waals surface area contributed by atoms with Gasteiger partial charge in [-0.3, -0.25) is 0 Å². The summed E-state index contributed by atoms with van der Waals surface area (Å²) in [5.41, 5.74) is 0. The van der Waals surface area contributed by atoms with Crippen molar-refractivity contribution in [3.8, 4) is 0 Å². The second-order valence-electron chi connectivity index (χ2n) is 2.41. The van der Waals surface area contributed by atoms with Crippen LogP contribution in [0.3, 0.4) is 0 Å². The molecule has 0 aliphatic rings. The summed E-state index contributed by atoms with van der Waals surface area (Å²) in [6.45, 7) is 4.39. The van der Waals surface area contributed by atoms with Crippen LogP contribution in [0.2, 0.25) is 0 Å². The molecule has 0 unspecified atom stereocenters. The molecule has 0 aliphatic heterocycles. The van der Waals surface area contributed by atoms with Gasteiger partial charge in [-0.15, -0.1) is 11.3 Å². The first kappa shape index (κ1) is 10.7. The van der Waals surface area contributed by atoms with Crippen molar-refractivity contribution in [3.05, 3.63) is 22.4 Å². The third-order valence-electron chi connectivity index (χ3n) is 1.55. The molecule has 1 heterocycles. The summed E-state index contributed by atoms with van der Waals surface area (Å²) in [6.07, 6.45) is 0. The van der Waals surface area contributed by atoms with Gasteiger partial charge in [0.1, 0.15) is 0 Å². The number of thiophene rings is 1. The Bertz CT molecular complexity index is 170. The lowest BCUT2D eigenvalue weighted by atomic mass is 10.4. The molecule has 0 aliphatic carbocycles. The lowest BCUT2D eigenvalue weighted by Gasteiger charge is -2.11. The lowest BCUT2D eigenvalue weighted by Crippen LogP contribution is -2.15. The van der Waals surface area contributed by atoms with Crippen molar-refractivity contribution in [2.45, 2.75) is 20.9 Å². The summed E-state index contributed by atoms with van der Waals surface area (Å²) >= 11 is 1.82. The molecule has 0 saturated heterocycles. The molecular weight excluding hydrogens is 154 g/mol. The topological polar surface area (TPSA) is 3.24 Å². The highest BCUT2D eigenvalue weighted by atomic mass is 32.1. The highest BCUT2D eigenvalue weighted by molar-refractivity contribution is 7.09. The summed E-state index contributed by atoms with van der Waals surface area (Å²) in [7, 11) is 2.14. The third kappa shape index (κ3) is 3.54. The van der Waals surface area contributed by atoms with Crippen molar-refractivity contribution in [2.75, 3.05) is 13.6 Å². The van der Waals surface area contributed by atoms with Gasteiger partial charge in [0.15, 0.2) is 0 Å². The molecule has 0 fully saturated rings. The van der Waals surface area contributed by atoms with Crippen LogP contribution in [0, 0.1) is 0 Å². The van der Waals surface area contributed by atoms with Gasteiger partial charge >= 0.3 is 0 Å². The van der Waals surface area contributed by atoms with Crippen LogP contribution in [0.4, 0.5) is 0 Å². The molecule has 64 valence electrons. The monoisotopic (exact) mass is 171 g/mol. The average molecular weight is 171 g/mol. The Morgan fingerprint density at radius 3 is 2.73 bits per heavy atom. The van der Waals surface area contributed by atoms with Gasteiger partial charge in [-0.2, -0.15) is 0 Å². The van der Waals surface area contributed by atoms with Crippen molar-refractivity contribution >= 4 is 11.3 Å². The van der Waals surface area contributed by atoms with Gasteiger partial charge in [-0.05, 0) is 25.0 Å². The Balaban J connectivity index is 0.000001000. The molecule has 0 radical (unpaired) electrons. The van der Waals surface area contributed by atoms with E-state index in [1.54, 1.807) is 0 Å². The van der Waals surface area contributed by atoms with Gasteiger partial charge < -0.3 is 4.90 Å². The molecule has 0 saturated carbocycles. The number of hydrogen-bond donors (Lipinski definition) is 0. The van der Waals surface area contributed by atoms with E-state index in [0.717, 1.165) is 13.1 Å². The van der Waals surface area contributed by atoms with E-state index < -0.39 is 0 Å². The Morgan fingerprint density at radius 1 is 1.55 bits per heavy atom. The maximum Gasteiger partial charge on any atom is 0.0324 e. The van der Waals surface area contributed by atoms with E-state index in [2.05, 4.69) is 36.4 Å². The van der Waals surface area contributed by atoms with Gasteiger partial charge in [0, 0.05) is 11.4 Å². The van der Waals surface area contributed by atoms with Gasteiger partial charge in [-0.1, -0.05) is 20.4 Å². The van der Waals surface area contributed by atoms with Gasteiger partial charge in [-0.25, -0.2) is 0 Å². The van der Waals surface area contributed by atoms with E-state index in [1.165, 1.54) is 4.88 Å². The molecule has 0 bridgehead atoms. The first-order chi connectivity index (χ1) is 4.83. The molecule has 1 aromatic rings. The smallest absolute Gasteiger partial charge is 0.0324 e. The fraction of sp³-hybridized carbons (Fsp3) is 0.556. The molecule has 1 rings (SSSR count). The van der Waals surface area contributed by atoms with Crippen LogP contribution in [0.5, 0.6) is 0 Å². The minimum atomic E-state index is 0. The van der Waals surface area contributed by atoms with E-state index >= 15 is 0 Å². The molecule has 11 heavy (non-hydrogen) atoms. The summed E-state index contributed by atoms with van der Waals surface area (Å²) in [5, 5.41) is 2.12. The maximum atomic E-state index is 2.30. The summed E-state index contributed by atoms with van der Waals surface area (Å²) in [6, 6.07) is 4.28. The van der Waals surface area contributed by atoms with Crippen LogP contribution in [-0.2, 0) is 6.54 Å². The second kappa shape index (κ2) is 5.33. The fourth-order valence-electron chi connectivity index (χ4n) is 0.780. The molecule has 0 N–H and O–H groups in total. The largest absolute Gasteiger partial charge is 0.302 e. The zero-order chi connectivity index (χ0) is 7.40. The Morgan fingerprint density at radius 2 is 2.27 bits per heavy atom. The highest BCUT2D eigenvalue weighted by Gasteiger charge is 1.96. The Hall–Kier alpha value is -0.340. The molecule has 2 heteroatoms. The predicted octanol–water partition coefficient (Wildman–Crippen LogP) is 2.84. The van der Waals surface area contributed by atoms with Crippen LogP contribution in [0.15, 0.2) is 17.5 Å². The zero-order valence-corrected chi connectivity index (χ0v) is 7.32. The maximum absolute atomic E-state index is 2.30. The van der Waals surface area contributed by atoms with Gasteiger partial charge in [0.25, 0.3) is 0 Å². The zero-order valence-electron chi connectivity index (χ0n) is 6.50. The van der Waals surface area contributed by atoms with Crippen LogP contribution >= 0.6 is 11.3 Å². The predicted molar refractivity (Wildman–Crippen MR) is 53.1 cm³/mol. The molecule has 0 spiro atoms. The van der Waals surface area contributed by atoms with Gasteiger partial charge in [0.05, 0.1) is 0 Å². The van der Waals surface area contributed by atoms with Gasteiger partial charge in [0.2, 0.25) is 0 Å². The molecular formula is C9H17NS. The summed E-state index contributed by atoms with van der Waals surface area (Å²) in [5.74, 6) is 0. The number of nitrogens with zero attached hydrogens (tertiary/aromatic N) is 1. The quantitative estimate of drug-likeness (QED) is 0.676. The van der Waals surface area contributed by atoms with Crippen LogP contribution in [-0.4, -0.2) is 18.5 Å². The molecule has 0 aromatic carbocycles. The van der Waals surface area contributed by atoms with Crippen molar-refractivity contribution in [1.82, 2.24) is 4.90 Å². The fourth-order valence-corrected chi connectivity index (χ4v) is 1.56. The van der Waals surface area contributed by atoms with Crippen LogP contribution in [0.1, 0.15) is 19.2 Å². The highest BCUT2D eigenvalue weighted by Crippen LogP contribution is 2.09. The van der Waals surface area contributed by atoms with E-state index in [4.69, 9.17) is 0 Å². The number of rotatable bonds is 3. The normalized spacial score (nSPS) is 9.73. The second-order valence-corrected chi connectivity index (χ2v) is 3.44. The minimum Gasteiger partial charge on any atom is -0.302 e. The summed E-state index contributed by atoms with van der Waals surface area (Å²) in [4.78, 5) is 3.75. The van der Waals surface area contributed by atoms with E-state index in [9.17, 15) is 0 Å². The first-order valence-electron chi connectivity index (χ1n) is 3.54. The Labute approximate surface area is 73.7 Å². The van der Waals surface area contributed by atoms with Crippen LogP contribution < -0.4 is 0 Å². The van der Waals surface area contributed by atoms with Crippen molar-refractivity contribution in [2.24, 2.45) is 0 Å². The SMILES string of the molecule is C.CCN(C)Cc1cccs1. The minimum absolute atomic E-state index is 0. The first-order valence-corrected chi connectivity index (χ1v) is 4.42. The van der Waals surface area contributed by atoms with Crippen molar-refractivity contribution in [3.63, 3.8) is 0 Å². The van der Waals surface area contributed by atoms with Crippen molar-refractivity contribution < 1.29 is 0 Å². The summed E-state index contributed by atoms with van der Waals surface area (Å²) < 4.78 is 0. The number of hydrogen-bond acceptors (Lipinski definition) is 2. The molecule has 1 nitrogen and oxygen atoms in total. The van der Waals surface area contributed by atoms with E-state index in [0.29, 0.717) is 0 Å². The van der Waals surface area contributed by atoms with E-state index in [1.807, 2.05) is 11.3 Å². The average Bonchev–Trinajstić information content (AvgIpc) is 2.40. The molecule has 0 atom stereocenters. The Kier molecular flexibility index (Phi) is 5.16. The van der Waals surface area contributed by atoms with E-state index in [-0.39, 0.29) is 7.43 Å². The lowest BCUT2D eigenvalue weighted by molar-refractivity contribution is 0.349. The van der Waals surface area contributed by atoms with Crippen molar-refractivity contribution in [1.29, 1.82) is 0 Å². The van der Waals surface area contributed by atoms with Crippen LogP contribution in [0.25, 0.3) is 0 Å². The standard InChI is InChI=1S/C8H13NS.CH4/c1-3-9(2)7-8-5-4-6-10-8;/h4-6H,3,7H2,1-2H3;1H4.